The Bertz CT molecular complexity index is 967. The number of rotatable bonds is 8. The van der Waals surface area contributed by atoms with Gasteiger partial charge in [0.25, 0.3) is 0 Å². The van der Waals surface area contributed by atoms with Crippen LogP contribution < -0.4 is 10.2 Å². The lowest BCUT2D eigenvalue weighted by atomic mass is 10.1. The molecule has 0 bridgehead atoms. The average molecular weight is 429 g/mol. The van der Waals surface area contributed by atoms with Gasteiger partial charge < -0.3 is 15.0 Å². The molecule has 2 heterocycles. The molecule has 1 atom stereocenters. The maximum Gasteiger partial charge on any atom is 0.237 e. The summed E-state index contributed by atoms with van der Waals surface area (Å²) in [6.45, 7) is 4.22. The summed E-state index contributed by atoms with van der Waals surface area (Å²) in [5, 5.41) is 14.7. The Labute approximate surface area is 178 Å². The van der Waals surface area contributed by atoms with Gasteiger partial charge in [-0.2, -0.15) is 0 Å². The zero-order valence-corrected chi connectivity index (χ0v) is 18.0. The van der Waals surface area contributed by atoms with E-state index in [0.29, 0.717) is 12.3 Å². The Morgan fingerprint density at radius 1 is 1.28 bits per heavy atom. The minimum absolute atomic E-state index is 0.0675. The number of benzene rings is 2. The summed E-state index contributed by atoms with van der Waals surface area (Å²) < 4.78 is 6.40. The molecule has 1 aliphatic rings. The van der Waals surface area contributed by atoms with E-state index >= 15 is 0 Å². The molecule has 1 amide bonds. The molecule has 1 fully saturated rings. The van der Waals surface area contributed by atoms with Crippen LogP contribution in [0.3, 0.4) is 0 Å². The zero-order chi connectivity index (χ0) is 20.1. The van der Waals surface area contributed by atoms with Crippen molar-refractivity contribution in [2.75, 3.05) is 35.7 Å². The molecule has 1 unspecified atom stereocenters. The van der Waals surface area contributed by atoms with Crippen LogP contribution in [0.5, 0.6) is 0 Å². The molecule has 1 saturated heterocycles. The average Bonchev–Trinajstić information content (AvgIpc) is 3.43. The van der Waals surface area contributed by atoms with Gasteiger partial charge in [-0.25, -0.2) is 0 Å². The van der Waals surface area contributed by atoms with Crippen molar-refractivity contribution in [3.63, 3.8) is 0 Å². The lowest BCUT2D eigenvalue weighted by Crippen LogP contribution is -2.32. The second-order valence-corrected chi connectivity index (χ2v) is 9.01. The fraction of sp³-hybridized carbons (Fsp3) is 0.381. The van der Waals surface area contributed by atoms with Gasteiger partial charge in [-0.15, -0.1) is 10.2 Å². The first-order valence-electron chi connectivity index (χ1n) is 9.84. The SMILES string of the molecule is CCN(C(=O)CSc1nnc(NCC2CCCO2)s1)c1cccc2ccccc12. The molecule has 0 aliphatic carbocycles. The smallest absolute Gasteiger partial charge is 0.237 e. The predicted molar refractivity (Wildman–Crippen MR) is 120 cm³/mol. The molecule has 1 aromatic heterocycles. The van der Waals surface area contributed by atoms with E-state index in [0.717, 1.165) is 51.9 Å². The highest BCUT2D eigenvalue weighted by Crippen LogP contribution is 2.29. The van der Waals surface area contributed by atoms with Crippen molar-refractivity contribution >= 4 is 50.6 Å². The number of carbonyl (C=O) groups excluding carboxylic acids is 1. The molecule has 0 radical (unpaired) electrons. The van der Waals surface area contributed by atoms with Crippen molar-refractivity contribution in [1.29, 1.82) is 0 Å². The highest BCUT2D eigenvalue weighted by molar-refractivity contribution is 8.01. The van der Waals surface area contributed by atoms with Crippen LogP contribution in [0, 0.1) is 0 Å². The van der Waals surface area contributed by atoms with Crippen LogP contribution in [-0.2, 0) is 9.53 Å². The van der Waals surface area contributed by atoms with E-state index in [-0.39, 0.29) is 12.0 Å². The largest absolute Gasteiger partial charge is 0.376 e. The third-order valence-corrected chi connectivity index (χ3v) is 6.90. The quantitative estimate of drug-likeness (QED) is 0.536. The molecular formula is C21H24N4O2S2. The van der Waals surface area contributed by atoms with Crippen molar-refractivity contribution in [2.45, 2.75) is 30.2 Å². The summed E-state index contributed by atoms with van der Waals surface area (Å²) in [6, 6.07) is 14.2. The number of hydrogen-bond acceptors (Lipinski definition) is 7. The van der Waals surface area contributed by atoms with Gasteiger partial charge in [-0.1, -0.05) is 59.5 Å². The zero-order valence-electron chi connectivity index (χ0n) is 16.3. The number of thioether (sulfide) groups is 1. The monoisotopic (exact) mass is 428 g/mol. The summed E-state index contributed by atoms with van der Waals surface area (Å²) in [5.41, 5.74) is 0.951. The van der Waals surface area contributed by atoms with Crippen molar-refractivity contribution < 1.29 is 9.53 Å². The molecule has 0 spiro atoms. The number of nitrogens with one attached hydrogen (secondary N) is 1. The first kappa shape index (κ1) is 20.1. The molecule has 1 aliphatic heterocycles. The van der Waals surface area contributed by atoms with E-state index in [2.05, 4.69) is 33.7 Å². The molecule has 29 heavy (non-hydrogen) atoms. The molecule has 3 aromatic rings. The molecule has 152 valence electrons. The summed E-state index contributed by atoms with van der Waals surface area (Å²) in [4.78, 5) is 14.8. The molecule has 1 N–H and O–H groups in total. The number of aromatic nitrogens is 2. The Balaban J connectivity index is 1.37. The third kappa shape index (κ3) is 4.88. The Morgan fingerprint density at radius 2 is 2.14 bits per heavy atom. The molecule has 2 aromatic carbocycles. The number of anilines is 2. The lowest BCUT2D eigenvalue weighted by molar-refractivity contribution is -0.116. The number of carbonyl (C=O) groups is 1. The first-order valence-corrected chi connectivity index (χ1v) is 11.6. The van der Waals surface area contributed by atoms with E-state index < -0.39 is 0 Å². The fourth-order valence-corrected chi connectivity index (χ4v) is 5.11. The van der Waals surface area contributed by atoms with Crippen LogP contribution in [0.15, 0.2) is 46.8 Å². The van der Waals surface area contributed by atoms with E-state index in [1.807, 2.05) is 36.1 Å². The Hall–Kier alpha value is -2.16. The molecule has 0 saturated carbocycles. The maximum atomic E-state index is 12.9. The van der Waals surface area contributed by atoms with Crippen LogP contribution in [0.2, 0.25) is 0 Å². The van der Waals surface area contributed by atoms with Gasteiger partial charge in [-0.05, 0) is 31.2 Å². The minimum Gasteiger partial charge on any atom is -0.376 e. The second-order valence-electron chi connectivity index (χ2n) is 6.81. The molecular weight excluding hydrogens is 404 g/mol. The molecule has 8 heteroatoms. The summed E-state index contributed by atoms with van der Waals surface area (Å²) in [7, 11) is 0. The predicted octanol–water partition coefficient (Wildman–Crippen LogP) is 4.43. The van der Waals surface area contributed by atoms with Crippen molar-refractivity contribution in [1.82, 2.24) is 10.2 Å². The van der Waals surface area contributed by atoms with Gasteiger partial charge in [0.15, 0.2) is 4.34 Å². The van der Waals surface area contributed by atoms with Crippen LogP contribution in [0.1, 0.15) is 19.8 Å². The van der Waals surface area contributed by atoms with Crippen LogP contribution in [0.25, 0.3) is 10.8 Å². The van der Waals surface area contributed by atoms with Crippen LogP contribution >= 0.6 is 23.1 Å². The van der Waals surface area contributed by atoms with Crippen LogP contribution in [-0.4, -0.2) is 47.7 Å². The summed E-state index contributed by atoms with van der Waals surface area (Å²) in [6.07, 6.45) is 2.47. The van der Waals surface area contributed by atoms with Crippen LogP contribution in [0.4, 0.5) is 10.8 Å². The number of ether oxygens (including phenoxy) is 1. The van der Waals surface area contributed by atoms with E-state index in [9.17, 15) is 4.79 Å². The minimum atomic E-state index is 0.0675. The number of fused-ring (bicyclic) bond motifs is 1. The topological polar surface area (TPSA) is 67.4 Å². The van der Waals surface area contributed by atoms with Crippen molar-refractivity contribution in [3.8, 4) is 0 Å². The van der Waals surface area contributed by atoms with E-state index in [4.69, 9.17) is 4.74 Å². The Kier molecular flexibility index (Phi) is 6.63. The van der Waals surface area contributed by atoms with Crippen molar-refractivity contribution in [2.24, 2.45) is 0 Å². The fourth-order valence-electron chi connectivity index (χ4n) is 3.47. The van der Waals surface area contributed by atoms with Crippen molar-refractivity contribution in [3.05, 3.63) is 42.5 Å². The molecule has 6 nitrogen and oxygen atoms in total. The highest BCUT2D eigenvalue weighted by Gasteiger charge is 2.18. The number of hydrogen-bond donors (Lipinski definition) is 1. The number of nitrogens with zero attached hydrogens (tertiary/aromatic N) is 3. The van der Waals surface area contributed by atoms with Gasteiger partial charge in [0.2, 0.25) is 11.0 Å². The van der Waals surface area contributed by atoms with Gasteiger partial charge in [0, 0.05) is 25.1 Å². The lowest BCUT2D eigenvalue weighted by Gasteiger charge is -2.22. The Morgan fingerprint density at radius 3 is 2.97 bits per heavy atom. The first-order chi connectivity index (χ1) is 14.2. The van der Waals surface area contributed by atoms with Gasteiger partial charge in [0.1, 0.15) is 0 Å². The van der Waals surface area contributed by atoms with Gasteiger partial charge in [-0.3, -0.25) is 4.79 Å². The van der Waals surface area contributed by atoms with Gasteiger partial charge in [0.05, 0.1) is 17.5 Å². The molecule has 4 rings (SSSR count). The normalized spacial score (nSPS) is 16.2. The van der Waals surface area contributed by atoms with E-state index in [1.165, 1.54) is 23.1 Å². The van der Waals surface area contributed by atoms with E-state index in [1.54, 1.807) is 0 Å². The standard InChI is InChI=1S/C21H24N4O2S2/c1-2-25(18-11-5-8-15-7-3-4-10-17(15)18)19(26)14-28-21-24-23-20(29-21)22-13-16-9-6-12-27-16/h3-5,7-8,10-11,16H,2,6,9,12-14H2,1H3,(H,22,23). The number of amides is 1. The second kappa shape index (κ2) is 9.56. The third-order valence-electron chi connectivity index (χ3n) is 4.91. The summed E-state index contributed by atoms with van der Waals surface area (Å²) >= 11 is 2.91. The maximum absolute atomic E-state index is 12.9. The summed E-state index contributed by atoms with van der Waals surface area (Å²) in [5.74, 6) is 0.398. The van der Waals surface area contributed by atoms with Gasteiger partial charge >= 0.3 is 0 Å². The highest BCUT2D eigenvalue weighted by atomic mass is 32.2.